The van der Waals surface area contributed by atoms with Gasteiger partial charge in [0, 0.05) is 12.0 Å². The summed E-state index contributed by atoms with van der Waals surface area (Å²) in [6, 6.07) is 6.38. The van der Waals surface area contributed by atoms with Crippen molar-refractivity contribution < 1.29 is 9.50 Å². The van der Waals surface area contributed by atoms with Gasteiger partial charge in [-0.25, -0.2) is 4.39 Å². The molecule has 0 aromatic heterocycles. The van der Waals surface area contributed by atoms with Gasteiger partial charge in [-0.05, 0) is 45.6 Å². The molecule has 0 saturated heterocycles. The van der Waals surface area contributed by atoms with E-state index < -0.39 is 6.10 Å². The molecule has 16 heavy (non-hydrogen) atoms. The summed E-state index contributed by atoms with van der Waals surface area (Å²) in [5, 5.41) is 10.1. The quantitative estimate of drug-likeness (QED) is 0.848. The minimum absolute atomic E-state index is 0.257. The highest BCUT2D eigenvalue weighted by Crippen LogP contribution is 2.19. The lowest BCUT2D eigenvalue weighted by Crippen LogP contribution is -2.49. The molecule has 0 fully saturated rings. The molecule has 1 aromatic carbocycles. The van der Waals surface area contributed by atoms with E-state index in [4.69, 9.17) is 0 Å². The molecule has 1 rings (SSSR count). The Labute approximate surface area is 96.7 Å². The largest absolute Gasteiger partial charge is 0.391 e. The van der Waals surface area contributed by atoms with E-state index in [2.05, 4.69) is 0 Å². The van der Waals surface area contributed by atoms with Gasteiger partial charge in [0.1, 0.15) is 5.82 Å². The molecular weight excluding hydrogens is 205 g/mol. The first-order chi connectivity index (χ1) is 7.34. The Morgan fingerprint density at radius 2 is 2.00 bits per heavy atom. The van der Waals surface area contributed by atoms with Gasteiger partial charge in [0.05, 0.1) is 6.10 Å². The van der Waals surface area contributed by atoms with Crippen LogP contribution in [0.15, 0.2) is 24.3 Å². The number of benzene rings is 1. The van der Waals surface area contributed by atoms with Crippen LogP contribution in [0.1, 0.15) is 19.4 Å². The van der Waals surface area contributed by atoms with Crippen molar-refractivity contribution in [3.8, 4) is 0 Å². The average Bonchev–Trinajstić information content (AvgIpc) is 2.17. The summed E-state index contributed by atoms with van der Waals surface area (Å²) in [7, 11) is 3.85. The average molecular weight is 225 g/mol. The van der Waals surface area contributed by atoms with E-state index >= 15 is 0 Å². The molecule has 3 heteroatoms. The number of hydrogen-bond acceptors (Lipinski definition) is 2. The number of likely N-dealkylation sites (N-methyl/N-ethyl adjacent to an activating group) is 1. The Balaban J connectivity index is 2.75. The van der Waals surface area contributed by atoms with Crippen molar-refractivity contribution >= 4 is 0 Å². The molecule has 0 aliphatic heterocycles. The van der Waals surface area contributed by atoms with Crippen LogP contribution >= 0.6 is 0 Å². The fourth-order valence-corrected chi connectivity index (χ4v) is 1.44. The molecule has 0 heterocycles. The van der Waals surface area contributed by atoms with E-state index in [0.717, 1.165) is 5.56 Å². The molecule has 0 saturated carbocycles. The maximum atomic E-state index is 13.0. The van der Waals surface area contributed by atoms with Gasteiger partial charge in [0.25, 0.3) is 0 Å². The molecular formula is C13H20FNO. The number of nitrogens with zero attached hydrogens (tertiary/aromatic N) is 1. The van der Waals surface area contributed by atoms with Crippen LogP contribution in [0.25, 0.3) is 0 Å². The minimum Gasteiger partial charge on any atom is -0.391 e. The Morgan fingerprint density at radius 1 is 1.38 bits per heavy atom. The van der Waals surface area contributed by atoms with Gasteiger partial charge in [-0.2, -0.15) is 0 Å². The molecule has 0 aliphatic rings. The summed E-state index contributed by atoms with van der Waals surface area (Å²) < 4.78 is 13.0. The number of aliphatic hydroxyl groups is 1. The van der Waals surface area contributed by atoms with Crippen LogP contribution in [0, 0.1) is 5.82 Å². The topological polar surface area (TPSA) is 23.5 Å². The van der Waals surface area contributed by atoms with Crippen LogP contribution in [0.5, 0.6) is 0 Å². The zero-order valence-electron chi connectivity index (χ0n) is 10.4. The second-order valence-corrected chi connectivity index (χ2v) is 4.90. The molecule has 1 N–H and O–H groups in total. The van der Waals surface area contributed by atoms with Crippen LogP contribution < -0.4 is 0 Å². The predicted molar refractivity (Wildman–Crippen MR) is 63.9 cm³/mol. The van der Waals surface area contributed by atoms with E-state index in [1.807, 2.05) is 38.9 Å². The molecule has 0 spiro atoms. The van der Waals surface area contributed by atoms with Crippen molar-refractivity contribution in [1.29, 1.82) is 0 Å². The Morgan fingerprint density at radius 3 is 2.50 bits per heavy atom. The van der Waals surface area contributed by atoms with Crippen LogP contribution in [-0.4, -0.2) is 35.7 Å². The van der Waals surface area contributed by atoms with E-state index in [9.17, 15) is 9.50 Å². The molecule has 1 unspecified atom stereocenters. The van der Waals surface area contributed by atoms with Crippen LogP contribution in [0.4, 0.5) is 4.39 Å². The maximum absolute atomic E-state index is 13.0. The fourth-order valence-electron chi connectivity index (χ4n) is 1.44. The predicted octanol–water partition coefficient (Wildman–Crippen LogP) is 2.07. The standard InChI is InChI=1S/C13H20FNO/c1-13(2,15(3)4)12(16)9-10-6-5-7-11(14)8-10/h5-8,12,16H,9H2,1-4H3. The summed E-state index contributed by atoms with van der Waals surface area (Å²) in [5.41, 5.74) is 0.495. The van der Waals surface area contributed by atoms with Crippen molar-refractivity contribution in [1.82, 2.24) is 4.90 Å². The zero-order valence-corrected chi connectivity index (χ0v) is 10.4. The first kappa shape index (κ1) is 13.1. The van der Waals surface area contributed by atoms with E-state index in [-0.39, 0.29) is 11.4 Å². The third-order valence-electron chi connectivity index (χ3n) is 3.29. The third kappa shape index (κ3) is 3.03. The summed E-state index contributed by atoms with van der Waals surface area (Å²) in [6.45, 7) is 3.94. The lowest BCUT2D eigenvalue weighted by molar-refractivity contribution is 0.0182. The van der Waals surface area contributed by atoms with E-state index in [0.29, 0.717) is 6.42 Å². The lowest BCUT2D eigenvalue weighted by Gasteiger charge is -2.37. The highest BCUT2D eigenvalue weighted by atomic mass is 19.1. The number of rotatable bonds is 4. The molecule has 0 radical (unpaired) electrons. The molecule has 0 amide bonds. The number of aliphatic hydroxyl groups excluding tert-OH is 1. The van der Waals surface area contributed by atoms with Crippen molar-refractivity contribution in [3.05, 3.63) is 35.6 Å². The molecule has 2 nitrogen and oxygen atoms in total. The van der Waals surface area contributed by atoms with Crippen molar-refractivity contribution in [2.24, 2.45) is 0 Å². The van der Waals surface area contributed by atoms with Crippen molar-refractivity contribution in [3.63, 3.8) is 0 Å². The lowest BCUT2D eigenvalue weighted by atomic mass is 9.91. The normalized spacial score (nSPS) is 14.2. The summed E-state index contributed by atoms with van der Waals surface area (Å²) in [5.74, 6) is -0.257. The Kier molecular flexibility index (Phi) is 4.05. The Bertz CT molecular complexity index is 350. The van der Waals surface area contributed by atoms with Crippen molar-refractivity contribution in [2.75, 3.05) is 14.1 Å². The maximum Gasteiger partial charge on any atom is 0.123 e. The monoisotopic (exact) mass is 225 g/mol. The first-order valence-corrected chi connectivity index (χ1v) is 5.44. The molecule has 90 valence electrons. The van der Waals surface area contributed by atoms with Gasteiger partial charge >= 0.3 is 0 Å². The summed E-state index contributed by atoms with van der Waals surface area (Å²) >= 11 is 0. The van der Waals surface area contributed by atoms with Crippen LogP contribution in [0.3, 0.4) is 0 Å². The van der Waals surface area contributed by atoms with Gasteiger partial charge < -0.3 is 10.0 Å². The summed E-state index contributed by atoms with van der Waals surface area (Å²) in [6.07, 6.45) is -0.0625. The molecule has 0 bridgehead atoms. The Hall–Kier alpha value is -0.930. The van der Waals surface area contributed by atoms with Gasteiger partial charge in [0.2, 0.25) is 0 Å². The number of halogens is 1. The van der Waals surface area contributed by atoms with E-state index in [1.54, 1.807) is 6.07 Å². The third-order valence-corrected chi connectivity index (χ3v) is 3.29. The second kappa shape index (κ2) is 4.93. The SMILES string of the molecule is CN(C)C(C)(C)C(O)Cc1cccc(F)c1. The van der Waals surface area contributed by atoms with E-state index in [1.165, 1.54) is 12.1 Å². The van der Waals surface area contributed by atoms with Crippen molar-refractivity contribution in [2.45, 2.75) is 31.9 Å². The highest BCUT2D eigenvalue weighted by Gasteiger charge is 2.29. The molecule has 0 aliphatic carbocycles. The van der Waals surface area contributed by atoms with Gasteiger partial charge in [-0.15, -0.1) is 0 Å². The zero-order chi connectivity index (χ0) is 12.3. The van der Waals surface area contributed by atoms with Crippen LogP contribution in [0.2, 0.25) is 0 Å². The van der Waals surface area contributed by atoms with Gasteiger partial charge in [0.15, 0.2) is 0 Å². The summed E-state index contributed by atoms with van der Waals surface area (Å²) in [4.78, 5) is 1.97. The van der Waals surface area contributed by atoms with Gasteiger partial charge in [-0.3, -0.25) is 0 Å². The smallest absolute Gasteiger partial charge is 0.123 e. The molecule has 1 atom stereocenters. The van der Waals surface area contributed by atoms with Crippen LogP contribution in [-0.2, 0) is 6.42 Å². The molecule has 1 aromatic rings. The minimum atomic E-state index is -0.524. The highest BCUT2D eigenvalue weighted by molar-refractivity contribution is 5.18. The number of hydrogen-bond donors (Lipinski definition) is 1. The van der Waals surface area contributed by atoms with Gasteiger partial charge in [-0.1, -0.05) is 12.1 Å². The second-order valence-electron chi connectivity index (χ2n) is 4.90. The first-order valence-electron chi connectivity index (χ1n) is 5.44. The fraction of sp³-hybridized carbons (Fsp3) is 0.538.